The van der Waals surface area contributed by atoms with Gasteiger partial charge in [0.15, 0.2) is 0 Å². The van der Waals surface area contributed by atoms with Crippen molar-refractivity contribution < 1.29 is 9.47 Å². The molecule has 4 heterocycles. The summed E-state index contributed by atoms with van der Waals surface area (Å²) in [6.07, 6.45) is 7.73. The molecule has 0 bridgehead atoms. The Hall–Kier alpha value is -1.27. The maximum absolute atomic E-state index is 6.32. The zero-order chi connectivity index (χ0) is 16.2. The van der Waals surface area contributed by atoms with Gasteiger partial charge in [0.2, 0.25) is 0 Å². The molecule has 2 saturated heterocycles. The van der Waals surface area contributed by atoms with Crippen molar-refractivity contribution in [2.75, 3.05) is 13.2 Å². The molecule has 2 aliphatic heterocycles. The molecule has 3 atom stereocenters. The number of rotatable bonds is 6. The number of nitrogens with zero attached hydrogens (tertiary/aromatic N) is 2. The molecule has 0 aliphatic carbocycles. The molecule has 0 radical (unpaired) electrons. The molecule has 0 spiro atoms. The van der Waals surface area contributed by atoms with E-state index in [1.54, 1.807) is 6.20 Å². The van der Waals surface area contributed by atoms with Crippen LogP contribution in [0.5, 0.6) is 0 Å². The second kappa shape index (κ2) is 7.74. The third-order valence-electron chi connectivity index (χ3n) is 4.98. The monoisotopic (exact) mass is 344 g/mol. The molecule has 2 fully saturated rings. The first-order valence-corrected chi connectivity index (χ1v) is 9.65. The minimum Gasteiger partial charge on any atom is -0.374 e. The summed E-state index contributed by atoms with van der Waals surface area (Å²) in [5.41, 5.74) is 1.12. The molecular weight excluding hydrogens is 320 g/mol. The Kier molecular flexibility index (Phi) is 5.23. The lowest BCUT2D eigenvalue weighted by atomic mass is 9.99. The fourth-order valence-electron chi connectivity index (χ4n) is 3.80. The van der Waals surface area contributed by atoms with Gasteiger partial charge in [-0.3, -0.25) is 9.88 Å². The number of ether oxygens (including phenoxy) is 2. The third kappa shape index (κ3) is 3.86. The van der Waals surface area contributed by atoms with Crippen molar-refractivity contribution in [1.29, 1.82) is 0 Å². The Balaban J connectivity index is 1.23. The third-order valence-corrected chi connectivity index (χ3v) is 5.85. The van der Waals surface area contributed by atoms with Crippen LogP contribution in [-0.4, -0.2) is 41.3 Å². The van der Waals surface area contributed by atoms with Crippen LogP contribution in [0.2, 0.25) is 0 Å². The molecule has 0 aromatic carbocycles. The standard InChI is InChI=1S/C19H24N2O2S/c1-3-15(11-20-8-1)13-22-14-16-5-6-18-19(23-16)7-9-21(18)12-17-4-2-10-24-17/h1-4,8,10-11,16,18-19H,5-7,9,12-14H2/t16?,18-,19-/m1/s1. The van der Waals surface area contributed by atoms with Gasteiger partial charge in [0.25, 0.3) is 0 Å². The Morgan fingerprint density at radius 2 is 2.25 bits per heavy atom. The smallest absolute Gasteiger partial charge is 0.0813 e. The lowest BCUT2D eigenvalue weighted by molar-refractivity contribution is -0.102. The van der Waals surface area contributed by atoms with Gasteiger partial charge in [-0.25, -0.2) is 0 Å². The second-order valence-electron chi connectivity index (χ2n) is 6.66. The SMILES string of the molecule is c1cncc(COCC2CC[C@@H]3[C@@H](CCN3Cc3cccs3)O2)c1. The highest BCUT2D eigenvalue weighted by molar-refractivity contribution is 7.09. The molecule has 4 nitrogen and oxygen atoms in total. The molecule has 0 N–H and O–H groups in total. The quantitative estimate of drug-likeness (QED) is 0.803. The summed E-state index contributed by atoms with van der Waals surface area (Å²) < 4.78 is 12.2. The van der Waals surface area contributed by atoms with Crippen LogP contribution in [0.4, 0.5) is 0 Å². The first kappa shape index (κ1) is 16.2. The summed E-state index contributed by atoms with van der Waals surface area (Å²) in [6, 6.07) is 8.95. The second-order valence-corrected chi connectivity index (χ2v) is 7.69. The highest BCUT2D eigenvalue weighted by atomic mass is 32.1. The van der Waals surface area contributed by atoms with E-state index in [2.05, 4.69) is 27.4 Å². The van der Waals surface area contributed by atoms with Gasteiger partial charge in [0, 0.05) is 36.4 Å². The molecule has 5 heteroatoms. The largest absolute Gasteiger partial charge is 0.374 e. The Labute approximate surface area is 147 Å². The van der Waals surface area contributed by atoms with E-state index in [0.717, 1.165) is 31.5 Å². The molecule has 0 amide bonds. The average molecular weight is 344 g/mol. The van der Waals surface area contributed by atoms with Gasteiger partial charge < -0.3 is 9.47 Å². The molecule has 2 aromatic rings. The number of aromatic nitrogens is 1. The maximum atomic E-state index is 6.32. The van der Waals surface area contributed by atoms with Crippen molar-refractivity contribution in [2.45, 2.75) is 50.7 Å². The van der Waals surface area contributed by atoms with E-state index in [1.807, 2.05) is 29.7 Å². The van der Waals surface area contributed by atoms with Crippen LogP contribution >= 0.6 is 11.3 Å². The van der Waals surface area contributed by atoms with E-state index in [9.17, 15) is 0 Å². The molecule has 0 saturated carbocycles. The van der Waals surface area contributed by atoms with Gasteiger partial charge in [-0.15, -0.1) is 11.3 Å². The maximum Gasteiger partial charge on any atom is 0.0813 e. The Morgan fingerprint density at radius 3 is 3.08 bits per heavy atom. The van der Waals surface area contributed by atoms with Crippen LogP contribution < -0.4 is 0 Å². The van der Waals surface area contributed by atoms with Crippen LogP contribution in [0.3, 0.4) is 0 Å². The highest BCUT2D eigenvalue weighted by Gasteiger charge is 2.39. The van der Waals surface area contributed by atoms with Gasteiger partial charge in [-0.1, -0.05) is 12.1 Å². The predicted octanol–water partition coefficient (Wildman–Crippen LogP) is 3.48. The summed E-state index contributed by atoms with van der Waals surface area (Å²) in [6.45, 7) is 3.52. The fourth-order valence-corrected chi connectivity index (χ4v) is 4.53. The minimum atomic E-state index is 0.240. The fraction of sp³-hybridized carbons (Fsp3) is 0.526. The van der Waals surface area contributed by atoms with E-state index in [1.165, 1.54) is 11.3 Å². The van der Waals surface area contributed by atoms with Gasteiger partial charge in [0.1, 0.15) is 0 Å². The summed E-state index contributed by atoms with van der Waals surface area (Å²) in [5.74, 6) is 0. The normalized spacial score (nSPS) is 27.2. The van der Waals surface area contributed by atoms with Crippen LogP contribution in [0, 0.1) is 0 Å². The summed E-state index contributed by atoms with van der Waals surface area (Å²) in [4.78, 5) is 8.17. The lowest BCUT2D eigenvalue weighted by Gasteiger charge is -2.35. The van der Waals surface area contributed by atoms with E-state index >= 15 is 0 Å². The molecule has 1 unspecified atom stereocenters. The van der Waals surface area contributed by atoms with Crippen LogP contribution in [-0.2, 0) is 22.6 Å². The van der Waals surface area contributed by atoms with Crippen molar-refractivity contribution in [3.05, 3.63) is 52.5 Å². The number of fused-ring (bicyclic) bond motifs is 1. The number of hydrogen-bond donors (Lipinski definition) is 0. The number of likely N-dealkylation sites (tertiary alicyclic amines) is 1. The summed E-state index contributed by atoms with van der Waals surface area (Å²) >= 11 is 1.85. The first-order valence-electron chi connectivity index (χ1n) is 8.77. The van der Waals surface area contributed by atoms with E-state index in [-0.39, 0.29) is 6.10 Å². The van der Waals surface area contributed by atoms with Crippen LogP contribution in [0.25, 0.3) is 0 Å². The van der Waals surface area contributed by atoms with Crippen molar-refractivity contribution in [2.24, 2.45) is 0 Å². The summed E-state index contributed by atoms with van der Waals surface area (Å²) in [5, 5.41) is 2.16. The highest BCUT2D eigenvalue weighted by Crippen LogP contribution is 2.33. The minimum absolute atomic E-state index is 0.240. The van der Waals surface area contributed by atoms with Gasteiger partial charge >= 0.3 is 0 Å². The van der Waals surface area contributed by atoms with E-state index < -0.39 is 0 Å². The number of hydrogen-bond acceptors (Lipinski definition) is 5. The van der Waals surface area contributed by atoms with Crippen molar-refractivity contribution in [3.8, 4) is 0 Å². The lowest BCUT2D eigenvalue weighted by Crippen LogP contribution is -2.43. The Morgan fingerprint density at radius 1 is 1.25 bits per heavy atom. The molecular formula is C19H24N2O2S. The zero-order valence-electron chi connectivity index (χ0n) is 13.8. The zero-order valence-corrected chi connectivity index (χ0v) is 14.7. The molecule has 24 heavy (non-hydrogen) atoms. The van der Waals surface area contributed by atoms with E-state index in [0.29, 0.717) is 25.4 Å². The van der Waals surface area contributed by atoms with Gasteiger partial charge in [-0.2, -0.15) is 0 Å². The van der Waals surface area contributed by atoms with Crippen LogP contribution in [0.15, 0.2) is 42.0 Å². The van der Waals surface area contributed by atoms with Gasteiger partial charge in [-0.05, 0) is 42.3 Å². The predicted molar refractivity (Wildman–Crippen MR) is 94.9 cm³/mol. The Bertz CT molecular complexity index is 620. The molecule has 2 aromatic heterocycles. The molecule has 128 valence electrons. The van der Waals surface area contributed by atoms with Crippen molar-refractivity contribution in [1.82, 2.24) is 9.88 Å². The van der Waals surface area contributed by atoms with Crippen molar-refractivity contribution >= 4 is 11.3 Å². The number of thiophene rings is 1. The van der Waals surface area contributed by atoms with E-state index in [4.69, 9.17) is 9.47 Å². The van der Waals surface area contributed by atoms with Crippen molar-refractivity contribution in [3.63, 3.8) is 0 Å². The molecule has 4 rings (SSSR count). The number of pyridine rings is 1. The van der Waals surface area contributed by atoms with Gasteiger partial charge in [0.05, 0.1) is 25.4 Å². The topological polar surface area (TPSA) is 34.6 Å². The average Bonchev–Trinajstić information content (AvgIpc) is 3.26. The first-order chi connectivity index (χ1) is 11.9. The summed E-state index contributed by atoms with van der Waals surface area (Å²) in [7, 11) is 0. The molecule has 2 aliphatic rings. The van der Waals surface area contributed by atoms with Crippen LogP contribution in [0.1, 0.15) is 29.7 Å².